The molecule has 0 spiro atoms. The van der Waals surface area contributed by atoms with E-state index in [1.165, 1.54) is 5.56 Å². The number of pyridine rings is 1. The smallest absolute Gasteiger partial charge is 0.305 e. The van der Waals surface area contributed by atoms with Gasteiger partial charge in [0, 0.05) is 25.0 Å². The van der Waals surface area contributed by atoms with E-state index in [0.717, 1.165) is 49.3 Å². The van der Waals surface area contributed by atoms with Crippen LogP contribution in [-0.4, -0.2) is 36.7 Å². The molecule has 3 aromatic heterocycles. The Bertz CT molecular complexity index is 1380. The first-order valence-electron chi connectivity index (χ1n) is 11.7. The fourth-order valence-corrected chi connectivity index (χ4v) is 4.64. The molecular weight excluding hydrogens is 430 g/mol. The Labute approximate surface area is 196 Å². The van der Waals surface area contributed by atoms with Crippen molar-refractivity contribution in [2.45, 2.75) is 44.7 Å². The predicted molar refractivity (Wildman–Crippen MR) is 130 cm³/mol. The zero-order chi connectivity index (χ0) is 23.5. The van der Waals surface area contributed by atoms with E-state index >= 15 is 0 Å². The van der Waals surface area contributed by atoms with Crippen LogP contribution in [0.3, 0.4) is 0 Å². The second kappa shape index (κ2) is 9.51. The van der Waals surface area contributed by atoms with Crippen molar-refractivity contribution in [3.8, 4) is 0 Å². The van der Waals surface area contributed by atoms with Gasteiger partial charge in [-0.05, 0) is 48.9 Å². The van der Waals surface area contributed by atoms with E-state index in [2.05, 4.69) is 22.4 Å². The van der Waals surface area contributed by atoms with Crippen LogP contribution in [-0.2, 0) is 24.2 Å². The zero-order valence-electron chi connectivity index (χ0n) is 18.9. The van der Waals surface area contributed by atoms with E-state index in [1.807, 2.05) is 30.3 Å². The van der Waals surface area contributed by atoms with Gasteiger partial charge in [0.2, 0.25) is 0 Å². The Morgan fingerprint density at radius 1 is 1.15 bits per heavy atom. The fourth-order valence-electron chi connectivity index (χ4n) is 4.64. The van der Waals surface area contributed by atoms with E-state index in [9.17, 15) is 14.7 Å². The van der Waals surface area contributed by atoms with E-state index in [0.29, 0.717) is 17.6 Å². The summed E-state index contributed by atoms with van der Waals surface area (Å²) in [6.45, 7) is 1.50. The van der Waals surface area contributed by atoms with Gasteiger partial charge >= 0.3 is 5.97 Å². The minimum Gasteiger partial charge on any atom is -0.481 e. The standard InChI is InChI=1S/C26H27N5O3/c32-23(33)16-22(18-6-2-1-3-7-18)31-15-12-21-25(31)28-17-30(26(21)34)14-5-9-20-11-10-19-8-4-13-27-24(19)29-20/h1-3,6-7,10-12,15,17,22H,4-5,8-9,13-14,16H2,(H,27,29)(H,32,33). The monoisotopic (exact) mass is 457 g/mol. The highest BCUT2D eigenvalue weighted by molar-refractivity contribution is 5.76. The van der Waals surface area contributed by atoms with Crippen molar-refractivity contribution in [3.05, 3.63) is 88.2 Å². The van der Waals surface area contributed by atoms with Gasteiger partial charge in [-0.2, -0.15) is 0 Å². The number of fused-ring (bicyclic) bond motifs is 2. The van der Waals surface area contributed by atoms with Crippen LogP contribution in [0.2, 0.25) is 0 Å². The lowest BCUT2D eigenvalue weighted by molar-refractivity contribution is -0.137. The first-order chi connectivity index (χ1) is 16.6. The van der Waals surface area contributed by atoms with E-state index < -0.39 is 12.0 Å². The number of carbonyl (C=O) groups is 1. The van der Waals surface area contributed by atoms with Crippen LogP contribution in [0.5, 0.6) is 0 Å². The Hall–Kier alpha value is -3.94. The molecule has 2 N–H and O–H groups in total. The maximum Gasteiger partial charge on any atom is 0.305 e. The summed E-state index contributed by atoms with van der Waals surface area (Å²) in [7, 11) is 0. The summed E-state index contributed by atoms with van der Waals surface area (Å²) in [5, 5.41) is 13.3. The van der Waals surface area contributed by atoms with Gasteiger partial charge in [-0.15, -0.1) is 0 Å². The zero-order valence-corrected chi connectivity index (χ0v) is 18.9. The number of rotatable bonds is 8. The van der Waals surface area contributed by atoms with Gasteiger partial charge < -0.3 is 15.0 Å². The van der Waals surface area contributed by atoms with Crippen LogP contribution >= 0.6 is 0 Å². The molecule has 174 valence electrons. The summed E-state index contributed by atoms with van der Waals surface area (Å²) in [5.41, 5.74) is 3.52. The van der Waals surface area contributed by atoms with Crippen LogP contribution in [0, 0.1) is 0 Å². The molecule has 0 amide bonds. The maximum absolute atomic E-state index is 13.1. The largest absolute Gasteiger partial charge is 0.481 e. The summed E-state index contributed by atoms with van der Waals surface area (Å²) >= 11 is 0. The first kappa shape index (κ1) is 21.9. The number of hydrogen-bond donors (Lipinski definition) is 2. The first-order valence-corrected chi connectivity index (χ1v) is 11.7. The van der Waals surface area contributed by atoms with Crippen LogP contribution in [0.15, 0.2) is 65.8 Å². The lowest BCUT2D eigenvalue weighted by atomic mass is 10.0. The minimum atomic E-state index is -0.907. The number of nitrogens with one attached hydrogen (secondary N) is 1. The lowest BCUT2D eigenvalue weighted by Crippen LogP contribution is -2.22. The highest BCUT2D eigenvalue weighted by atomic mass is 16.4. The Morgan fingerprint density at radius 2 is 2.00 bits per heavy atom. The minimum absolute atomic E-state index is 0.0960. The van der Waals surface area contributed by atoms with Crippen LogP contribution < -0.4 is 10.9 Å². The summed E-state index contributed by atoms with van der Waals surface area (Å²) in [6.07, 6.45) is 6.96. The van der Waals surface area contributed by atoms with Gasteiger partial charge in [0.1, 0.15) is 11.5 Å². The highest BCUT2D eigenvalue weighted by Gasteiger charge is 2.21. The van der Waals surface area contributed by atoms with Crippen LogP contribution in [0.1, 0.15) is 42.1 Å². The number of hydrogen-bond acceptors (Lipinski definition) is 5. The van der Waals surface area contributed by atoms with Crippen LogP contribution in [0.25, 0.3) is 11.0 Å². The molecule has 0 saturated heterocycles. The molecule has 8 heteroatoms. The number of benzene rings is 1. The average molecular weight is 458 g/mol. The normalized spacial score (nSPS) is 13.9. The molecule has 0 saturated carbocycles. The number of carboxylic acid groups (broad SMARTS) is 1. The Balaban J connectivity index is 1.35. The lowest BCUT2D eigenvalue weighted by Gasteiger charge is -2.18. The molecule has 1 unspecified atom stereocenters. The number of nitrogens with zero attached hydrogens (tertiary/aromatic N) is 4. The molecule has 5 rings (SSSR count). The number of carboxylic acids is 1. The molecule has 1 atom stereocenters. The second-order valence-corrected chi connectivity index (χ2v) is 8.67. The molecule has 0 radical (unpaired) electrons. The van der Waals surface area contributed by atoms with Gasteiger partial charge in [-0.25, -0.2) is 9.97 Å². The summed E-state index contributed by atoms with van der Waals surface area (Å²) in [4.78, 5) is 33.9. The second-order valence-electron chi connectivity index (χ2n) is 8.67. The number of aliphatic carboxylic acids is 1. The van der Waals surface area contributed by atoms with Gasteiger partial charge in [-0.1, -0.05) is 36.4 Å². The number of aromatic nitrogens is 4. The molecule has 1 aromatic carbocycles. The average Bonchev–Trinajstić information content (AvgIpc) is 3.29. The van der Waals surface area contributed by atoms with Crippen molar-refractivity contribution < 1.29 is 9.90 Å². The molecule has 1 aliphatic heterocycles. The molecule has 8 nitrogen and oxygen atoms in total. The Kier molecular flexibility index (Phi) is 6.12. The van der Waals surface area contributed by atoms with Crippen molar-refractivity contribution in [1.82, 2.24) is 19.1 Å². The van der Waals surface area contributed by atoms with Gasteiger partial charge in [0.05, 0.1) is 24.2 Å². The third kappa shape index (κ3) is 4.44. The van der Waals surface area contributed by atoms with Crippen molar-refractivity contribution in [2.75, 3.05) is 11.9 Å². The number of aryl methyl sites for hydroxylation is 3. The molecule has 4 aromatic rings. The van der Waals surface area contributed by atoms with Gasteiger partial charge in [0.25, 0.3) is 5.56 Å². The fraction of sp³-hybridized carbons (Fsp3) is 0.308. The highest BCUT2D eigenvalue weighted by Crippen LogP contribution is 2.26. The maximum atomic E-state index is 13.1. The molecule has 34 heavy (non-hydrogen) atoms. The van der Waals surface area contributed by atoms with Crippen LogP contribution in [0.4, 0.5) is 5.82 Å². The molecular formula is C26H27N5O3. The quantitative estimate of drug-likeness (QED) is 0.419. The SMILES string of the molecule is O=C(O)CC(c1ccccc1)n1ccc2c(=O)n(CCCc3ccc4c(n3)NCCC4)cnc21. The number of anilines is 1. The molecule has 0 fully saturated rings. The third-order valence-electron chi connectivity index (χ3n) is 6.37. The molecule has 0 aliphatic carbocycles. The van der Waals surface area contributed by atoms with Crippen molar-refractivity contribution in [3.63, 3.8) is 0 Å². The summed E-state index contributed by atoms with van der Waals surface area (Å²) in [6, 6.07) is 14.9. The third-order valence-corrected chi connectivity index (χ3v) is 6.37. The van der Waals surface area contributed by atoms with E-state index in [-0.39, 0.29) is 12.0 Å². The van der Waals surface area contributed by atoms with E-state index in [4.69, 9.17) is 4.98 Å². The summed E-state index contributed by atoms with van der Waals surface area (Å²) < 4.78 is 3.41. The van der Waals surface area contributed by atoms with Gasteiger partial charge in [0.15, 0.2) is 0 Å². The summed E-state index contributed by atoms with van der Waals surface area (Å²) in [5.74, 6) is 0.0784. The Morgan fingerprint density at radius 3 is 2.82 bits per heavy atom. The van der Waals surface area contributed by atoms with E-state index in [1.54, 1.807) is 27.7 Å². The van der Waals surface area contributed by atoms with Crippen molar-refractivity contribution in [2.24, 2.45) is 0 Å². The molecule has 4 heterocycles. The van der Waals surface area contributed by atoms with Crippen molar-refractivity contribution in [1.29, 1.82) is 0 Å². The van der Waals surface area contributed by atoms with Crippen molar-refractivity contribution >= 4 is 22.8 Å². The molecule has 1 aliphatic rings. The predicted octanol–water partition coefficient (Wildman–Crippen LogP) is 3.65. The topological polar surface area (TPSA) is 102 Å². The van der Waals surface area contributed by atoms with Gasteiger partial charge in [-0.3, -0.25) is 14.2 Å². The molecule has 0 bridgehead atoms.